The van der Waals surface area contributed by atoms with Crippen LogP contribution in [0.25, 0.3) is 0 Å². The number of para-hydroxylation sites is 1. The van der Waals surface area contributed by atoms with Gasteiger partial charge in [-0.1, -0.05) is 49.7 Å². The molecule has 156 valence electrons. The Labute approximate surface area is 182 Å². The smallest absolute Gasteiger partial charge is 0.261 e. The van der Waals surface area contributed by atoms with Crippen molar-refractivity contribution in [1.29, 1.82) is 0 Å². The third-order valence-corrected chi connectivity index (χ3v) is 6.39. The summed E-state index contributed by atoms with van der Waals surface area (Å²) < 4.78 is 27.7. The molecule has 3 rings (SSSR count). The molecule has 0 radical (unpaired) electrons. The summed E-state index contributed by atoms with van der Waals surface area (Å²) in [7, 11) is -3.79. The molecule has 3 aromatic rings. The summed E-state index contributed by atoms with van der Waals surface area (Å²) in [5.74, 6) is -0.293. The highest BCUT2D eigenvalue weighted by Crippen LogP contribution is 2.24. The second kappa shape index (κ2) is 9.32. The summed E-state index contributed by atoms with van der Waals surface area (Å²) in [6.45, 7) is 4.08. The van der Waals surface area contributed by atoms with Crippen molar-refractivity contribution in [2.45, 2.75) is 31.6 Å². The molecule has 5 nitrogen and oxygen atoms in total. The van der Waals surface area contributed by atoms with E-state index in [4.69, 9.17) is 11.6 Å². The largest absolute Gasteiger partial charge is 0.321 e. The predicted octanol–water partition coefficient (Wildman–Crippen LogP) is 5.52. The van der Waals surface area contributed by atoms with Gasteiger partial charge < -0.3 is 5.32 Å². The van der Waals surface area contributed by atoms with Crippen LogP contribution in [0.5, 0.6) is 0 Å². The summed E-state index contributed by atoms with van der Waals surface area (Å²) in [5, 5.41) is 3.44. The SMILES string of the molecule is CCc1cccc(CC)c1NC(=O)c1cccc(NS(=O)(=O)c2ccc(Cl)cc2)c1. The lowest BCUT2D eigenvalue weighted by Gasteiger charge is -2.15. The maximum atomic E-state index is 12.9. The predicted molar refractivity (Wildman–Crippen MR) is 122 cm³/mol. The Morgan fingerprint density at radius 3 is 2.10 bits per heavy atom. The fourth-order valence-corrected chi connectivity index (χ4v) is 4.32. The van der Waals surface area contributed by atoms with Gasteiger partial charge in [-0.25, -0.2) is 8.42 Å². The van der Waals surface area contributed by atoms with E-state index in [1.54, 1.807) is 18.2 Å². The Hall–Kier alpha value is -2.83. The molecule has 30 heavy (non-hydrogen) atoms. The highest BCUT2D eigenvalue weighted by Gasteiger charge is 2.16. The number of hydrogen-bond donors (Lipinski definition) is 2. The number of rotatable bonds is 7. The van der Waals surface area contributed by atoms with Crippen molar-refractivity contribution >= 4 is 38.9 Å². The fraction of sp³-hybridized carbons (Fsp3) is 0.174. The number of anilines is 2. The number of sulfonamides is 1. The van der Waals surface area contributed by atoms with E-state index < -0.39 is 10.0 Å². The van der Waals surface area contributed by atoms with E-state index in [2.05, 4.69) is 10.0 Å². The number of halogens is 1. The minimum Gasteiger partial charge on any atom is -0.321 e. The van der Waals surface area contributed by atoms with Gasteiger partial charge in [0.1, 0.15) is 0 Å². The van der Waals surface area contributed by atoms with Gasteiger partial charge in [0.25, 0.3) is 15.9 Å². The zero-order chi connectivity index (χ0) is 21.7. The molecule has 0 aromatic heterocycles. The van der Waals surface area contributed by atoms with Crippen LogP contribution >= 0.6 is 11.6 Å². The quantitative estimate of drug-likeness (QED) is 0.506. The number of carbonyl (C=O) groups excluding carboxylic acids is 1. The number of nitrogens with one attached hydrogen (secondary N) is 2. The average molecular weight is 443 g/mol. The van der Waals surface area contributed by atoms with Gasteiger partial charge in [0.15, 0.2) is 0 Å². The second-order valence-corrected chi connectivity index (χ2v) is 8.87. The number of amides is 1. The van der Waals surface area contributed by atoms with E-state index in [1.807, 2.05) is 32.0 Å². The maximum absolute atomic E-state index is 12.9. The van der Waals surface area contributed by atoms with Crippen molar-refractivity contribution in [3.05, 3.63) is 88.4 Å². The molecule has 7 heteroatoms. The van der Waals surface area contributed by atoms with Crippen LogP contribution in [0, 0.1) is 0 Å². The Bertz CT molecular complexity index is 1140. The molecule has 0 saturated heterocycles. The van der Waals surface area contributed by atoms with E-state index in [0.29, 0.717) is 16.3 Å². The monoisotopic (exact) mass is 442 g/mol. The Morgan fingerprint density at radius 2 is 1.50 bits per heavy atom. The summed E-state index contributed by atoms with van der Waals surface area (Å²) in [5.41, 5.74) is 3.60. The molecule has 0 unspecified atom stereocenters. The summed E-state index contributed by atoms with van der Waals surface area (Å²) >= 11 is 5.83. The molecule has 0 saturated carbocycles. The first-order valence-electron chi connectivity index (χ1n) is 9.64. The molecular weight excluding hydrogens is 420 g/mol. The highest BCUT2D eigenvalue weighted by atomic mass is 35.5. The summed E-state index contributed by atoms with van der Waals surface area (Å²) in [6.07, 6.45) is 1.59. The minimum atomic E-state index is -3.79. The van der Waals surface area contributed by atoms with Crippen molar-refractivity contribution in [3.63, 3.8) is 0 Å². The van der Waals surface area contributed by atoms with Crippen molar-refractivity contribution in [1.82, 2.24) is 0 Å². The summed E-state index contributed by atoms with van der Waals surface area (Å²) in [6, 6.07) is 18.2. The van der Waals surface area contributed by atoms with Crippen molar-refractivity contribution in [2.24, 2.45) is 0 Å². The van der Waals surface area contributed by atoms with Crippen LogP contribution in [-0.4, -0.2) is 14.3 Å². The normalized spacial score (nSPS) is 11.2. The van der Waals surface area contributed by atoms with Crippen molar-refractivity contribution in [2.75, 3.05) is 10.0 Å². The molecular formula is C23H23ClN2O3S. The topological polar surface area (TPSA) is 75.3 Å². The lowest BCUT2D eigenvalue weighted by atomic mass is 10.0. The van der Waals surface area contributed by atoms with Crippen LogP contribution in [-0.2, 0) is 22.9 Å². The van der Waals surface area contributed by atoms with Crippen molar-refractivity contribution < 1.29 is 13.2 Å². The van der Waals surface area contributed by atoms with E-state index >= 15 is 0 Å². The molecule has 0 heterocycles. The van der Waals surface area contributed by atoms with Crippen LogP contribution in [0.3, 0.4) is 0 Å². The van der Waals surface area contributed by atoms with E-state index in [1.165, 1.54) is 30.3 Å². The third-order valence-electron chi connectivity index (χ3n) is 4.74. The number of hydrogen-bond acceptors (Lipinski definition) is 3. The van der Waals surface area contributed by atoms with Gasteiger partial charge in [-0.3, -0.25) is 9.52 Å². The first-order valence-corrected chi connectivity index (χ1v) is 11.5. The molecule has 2 N–H and O–H groups in total. The van der Waals surface area contributed by atoms with E-state index in [0.717, 1.165) is 29.7 Å². The molecule has 0 aliphatic heterocycles. The fourth-order valence-electron chi connectivity index (χ4n) is 3.14. The van der Waals surface area contributed by atoms with Gasteiger partial charge in [-0.2, -0.15) is 0 Å². The van der Waals surface area contributed by atoms with Gasteiger partial charge >= 0.3 is 0 Å². The molecule has 0 atom stereocenters. The van der Waals surface area contributed by atoms with Gasteiger partial charge in [0.2, 0.25) is 0 Å². The minimum absolute atomic E-state index is 0.0891. The highest BCUT2D eigenvalue weighted by molar-refractivity contribution is 7.92. The van der Waals surface area contributed by atoms with Gasteiger partial charge in [0.05, 0.1) is 4.90 Å². The third kappa shape index (κ3) is 5.01. The zero-order valence-electron chi connectivity index (χ0n) is 16.8. The number of carbonyl (C=O) groups is 1. The van der Waals surface area contributed by atoms with Gasteiger partial charge in [-0.05, 0) is 66.4 Å². The van der Waals surface area contributed by atoms with Crippen LogP contribution in [0.1, 0.15) is 35.3 Å². The van der Waals surface area contributed by atoms with Crippen molar-refractivity contribution in [3.8, 4) is 0 Å². The van der Waals surface area contributed by atoms with Gasteiger partial charge in [-0.15, -0.1) is 0 Å². The molecule has 3 aromatic carbocycles. The van der Waals surface area contributed by atoms with Crippen LogP contribution in [0.2, 0.25) is 5.02 Å². The van der Waals surface area contributed by atoms with Gasteiger partial charge in [0, 0.05) is 22.0 Å². The molecule has 0 spiro atoms. The lowest BCUT2D eigenvalue weighted by Crippen LogP contribution is -2.16. The summed E-state index contributed by atoms with van der Waals surface area (Å²) in [4.78, 5) is 13.0. The van der Waals surface area contributed by atoms with Crippen LogP contribution in [0.15, 0.2) is 71.6 Å². The van der Waals surface area contributed by atoms with E-state index in [9.17, 15) is 13.2 Å². The van der Waals surface area contributed by atoms with E-state index in [-0.39, 0.29) is 10.8 Å². The Morgan fingerprint density at radius 1 is 0.900 bits per heavy atom. The molecule has 0 aliphatic carbocycles. The van der Waals surface area contributed by atoms with Crippen LogP contribution in [0.4, 0.5) is 11.4 Å². The average Bonchev–Trinajstić information content (AvgIpc) is 2.74. The number of benzene rings is 3. The Kier molecular flexibility index (Phi) is 6.80. The molecule has 0 aliphatic rings. The Balaban J connectivity index is 1.84. The van der Waals surface area contributed by atoms with Crippen LogP contribution < -0.4 is 10.0 Å². The first kappa shape index (κ1) is 21.9. The number of aryl methyl sites for hydroxylation is 2. The molecule has 1 amide bonds. The molecule has 0 fully saturated rings. The standard InChI is InChI=1S/C23H23ClN2O3S/c1-3-16-7-5-8-17(4-2)22(16)25-23(27)18-9-6-10-20(15-18)26-30(28,29)21-13-11-19(24)12-14-21/h5-15,26H,3-4H2,1-2H3,(H,25,27). The molecule has 0 bridgehead atoms. The lowest BCUT2D eigenvalue weighted by molar-refractivity contribution is 0.102. The second-order valence-electron chi connectivity index (χ2n) is 6.75. The maximum Gasteiger partial charge on any atom is 0.261 e. The zero-order valence-corrected chi connectivity index (χ0v) is 18.3. The first-order chi connectivity index (χ1) is 14.3.